The molecule has 2 aromatic rings. The fraction of sp³-hybridized carbons (Fsp3) is 0.600. The Balaban J connectivity index is 2.34. The summed E-state index contributed by atoms with van der Waals surface area (Å²) in [5.41, 5.74) is 0.882. The van der Waals surface area contributed by atoms with Gasteiger partial charge in [-0.2, -0.15) is 4.98 Å². The molecule has 0 saturated carbocycles. The van der Waals surface area contributed by atoms with Crippen molar-refractivity contribution in [3.63, 3.8) is 0 Å². The predicted octanol–water partition coefficient (Wildman–Crippen LogP) is 3.40. The first-order chi connectivity index (χ1) is 8.13. The lowest BCUT2D eigenvalue weighted by atomic mass is 10.1. The average molecular weight is 273 g/mol. The van der Waals surface area contributed by atoms with E-state index in [9.17, 15) is 0 Å². The molecule has 2 aromatic heterocycles. The normalized spacial score (nSPS) is 13.2. The fourth-order valence-corrected chi connectivity index (χ4v) is 2.19. The molecule has 2 heterocycles. The van der Waals surface area contributed by atoms with E-state index >= 15 is 0 Å². The predicted molar refractivity (Wildman–Crippen MR) is 66.2 cm³/mol. The van der Waals surface area contributed by atoms with Gasteiger partial charge in [0.05, 0.1) is 11.1 Å². The second kappa shape index (κ2) is 5.10. The highest BCUT2D eigenvalue weighted by molar-refractivity contribution is 7.09. The van der Waals surface area contributed by atoms with E-state index < -0.39 is 0 Å². The highest BCUT2D eigenvalue weighted by Gasteiger charge is 2.21. The molecular weight excluding hydrogens is 260 g/mol. The molecule has 17 heavy (non-hydrogen) atoms. The maximum absolute atomic E-state index is 6.05. The first-order valence-electron chi connectivity index (χ1n) is 5.43. The highest BCUT2D eigenvalue weighted by Crippen LogP contribution is 2.31. The minimum atomic E-state index is -0.212. The van der Waals surface area contributed by atoms with Crippen LogP contribution in [-0.2, 0) is 0 Å². The summed E-state index contributed by atoms with van der Waals surface area (Å²) in [4.78, 5) is 5.12. The summed E-state index contributed by atoms with van der Waals surface area (Å²) in [6.45, 7) is 6.07. The quantitative estimate of drug-likeness (QED) is 0.798. The molecule has 5 nitrogen and oxygen atoms in total. The van der Waals surface area contributed by atoms with Crippen LogP contribution in [-0.4, -0.2) is 19.7 Å². The second-order valence-electron chi connectivity index (χ2n) is 3.98. The molecule has 0 bridgehead atoms. The molecule has 2 rings (SSSR count). The van der Waals surface area contributed by atoms with Gasteiger partial charge < -0.3 is 4.52 Å². The third-order valence-corrected chi connectivity index (χ3v) is 3.57. The second-order valence-corrected chi connectivity index (χ2v) is 5.26. The van der Waals surface area contributed by atoms with E-state index in [4.69, 9.17) is 16.1 Å². The molecule has 0 aliphatic heterocycles. The summed E-state index contributed by atoms with van der Waals surface area (Å²) in [5.74, 6) is 1.25. The van der Waals surface area contributed by atoms with Gasteiger partial charge in [0.25, 0.3) is 5.89 Å². The van der Waals surface area contributed by atoms with Crippen molar-refractivity contribution >= 4 is 23.1 Å². The maximum atomic E-state index is 6.05. The largest absolute Gasteiger partial charge is 0.333 e. The summed E-state index contributed by atoms with van der Waals surface area (Å²) >= 11 is 7.32. The van der Waals surface area contributed by atoms with Crippen LogP contribution in [0.3, 0.4) is 0 Å². The monoisotopic (exact) mass is 272 g/mol. The van der Waals surface area contributed by atoms with Crippen LogP contribution in [0, 0.1) is 0 Å². The molecular formula is C10H13ClN4OS. The molecule has 0 saturated heterocycles. The lowest BCUT2D eigenvalue weighted by Gasteiger charge is -1.99. The summed E-state index contributed by atoms with van der Waals surface area (Å²) < 4.78 is 9.13. The smallest absolute Gasteiger partial charge is 0.271 e. The molecule has 0 N–H and O–H groups in total. The minimum Gasteiger partial charge on any atom is -0.333 e. The van der Waals surface area contributed by atoms with Gasteiger partial charge in [-0.25, -0.2) is 0 Å². The Hall–Kier alpha value is -1.01. The van der Waals surface area contributed by atoms with Gasteiger partial charge in [-0.15, -0.1) is 16.7 Å². The zero-order valence-corrected chi connectivity index (χ0v) is 11.4. The Morgan fingerprint density at radius 1 is 1.41 bits per heavy atom. The van der Waals surface area contributed by atoms with Crippen LogP contribution in [0.5, 0.6) is 0 Å². The van der Waals surface area contributed by atoms with Gasteiger partial charge in [0.1, 0.15) is 4.88 Å². The van der Waals surface area contributed by atoms with Gasteiger partial charge >= 0.3 is 0 Å². The Kier molecular flexibility index (Phi) is 3.73. The molecule has 1 unspecified atom stereocenters. The number of hydrogen-bond donors (Lipinski definition) is 0. The van der Waals surface area contributed by atoms with E-state index in [0.29, 0.717) is 11.7 Å². The van der Waals surface area contributed by atoms with Crippen LogP contribution in [0.2, 0.25) is 0 Å². The number of hydrogen-bond acceptors (Lipinski definition) is 6. The molecule has 7 heteroatoms. The van der Waals surface area contributed by atoms with Crippen LogP contribution in [0.25, 0.3) is 10.8 Å². The van der Waals surface area contributed by atoms with Crippen molar-refractivity contribution in [2.45, 2.75) is 38.5 Å². The van der Waals surface area contributed by atoms with Gasteiger partial charge in [0, 0.05) is 0 Å². The molecule has 1 atom stereocenters. The van der Waals surface area contributed by atoms with Crippen molar-refractivity contribution in [3.8, 4) is 10.8 Å². The van der Waals surface area contributed by atoms with Crippen LogP contribution >= 0.6 is 23.1 Å². The standard InChI is InChI=1S/C10H13ClN4OS/c1-4-6(11)9-12-10(16-14-9)8-7(5(2)3)13-15-17-8/h5-6H,4H2,1-3H3. The van der Waals surface area contributed by atoms with E-state index in [1.165, 1.54) is 11.5 Å². The first-order valence-corrected chi connectivity index (χ1v) is 6.64. The summed E-state index contributed by atoms with van der Waals surface area (Å²) in [6, 6.07) is 0. The zero-order chi connectivity index (χ0) is 12.4. The Bertz CT molecular complexity index is 496. The van der Waals surface area contributed by atoms with Crippen LogP contribution < -0.4 is 0 Å². The number of rotatable bonds is 4. The van der Waals surface area contributed by atoms with E-state index in [2.05, 4.69) is 19.7 Å². The first kappa shape index (κ1) is 12.4. The SMILES string of the molecule is CCC(Cl)c1noc(-c2snnc2C(C)C)n1. The Morgan fingerprint density at radius 3 is 2.82 bits per heavy atom. The fourth-order valence-electron chi connectivity index (χ4n) is 1.36. The number of nitrogens with zero attached hydrogens (tertiary/aromatic N) is 4. The summed E-state index contributed by atoms with van der Waals surface area (Å²) in [6.07, 6.45) is 0.762. The van der Waals surface area contributed by atoms with Crippen LogP contribution in [0.15, 0.2) is 4.52 Å². The number of aromatic nitrogens is 4. The van der Waals surface area contributed by atoms with E-state index in [1.807, 2.05) is 20.8 Å². The molecule has 0 aromatic carbocycles. The van der Waals surface area contributed by atoms with Gasteiger partial charge in [-0.05, 0) is 23.9 Å². The maximum Gasteiger partial charge on any atom is 0.271 e. The Labute approximate surface area is 108 Å². The van der Waals surface area contributed by atoms with Crippen molar-refractivity contribution in [3.05, 3.63) is 11.5 Å². The minimum absolute atomic E-state index is 0.212. The molecule has 0 aliphatic rings. The summed E-state index contributed by atoms with van der Waals surface area (Å²) in [7, 11) is 0. The molecule has 0 fully saturated rings. The number of halogens is 1. The van der Waals surface area contributed by atoms with E-state index in [-0.39, 0.29) is 11.3 Å². The molecule has 0 aliphatic carbocycles. The average Bonchev–Trinajstić information content (AvgIpc) is 2.95. The van der Waals surface area contributed by atoms with E-state index in [1.54, 1.807) is 0 Å². The van der Waals surface area contributed by atoms with Gasteiger partial charge in [0.2, 0.25) is 0 Å². The topological polar surface area (TPSA) is 64.7 Å². The molecule has 0 spiro atoms. The molecule has 0 radical (unpaired) electrons. The lowest BCUT2D eigenvalue weighted by Crippen LogP contribution is -1.92. The van der Waals surface area contributed by atoms with Gasteiger partial charge in [-0.1, -0.05) is 30.4 Å². The van der Waals surface area contributed by atoms with Gasteiger partial charge in [-0.3, -0.25) is 0 Å². The van der Waals surface area contributed by atoms with Crippen molar-refractivity contribution in [2.24, 2.45) is 0 Å². The van der Waals surface area contributed by atoms with Crippen molar-refractivity contribution in [1.82, 2.24) is 19.7 Å². The third kappa shape index (κ3) is 2.47. The number of alkyl halides is 1. The van der Waals surface area contributed by atoms with Crippen LogP contribution in [0.1, 0.15) is 50.0 Å². The lowest BCUT2D eigenvalue weighted by molar-refractivity contribution is 0.421. The molecule has 92 valence electrons. The van der Waals surface area contributed by atoms with Crippen molar-refractivity contribution < 1.29 is 4.52 Å². The van der Waals surface area contributed by atoms with Gasteiger partial charge in [0.15, 0.2) is 5.82 Å². The summed E-state index contributed by atoms with van der Waals surface area (Å²) in [5, 5.41) is 7.74. The van der Waals surface area contributed by atoms with E-state index in [0.717, 1.165) is 17.0 Å². The zero-order valence-electron chi connectivity index (χ0n) is 9.85. The molecule has 0 amide bonds. The highest BCUT2D eigenvalue weighted by atomic mass is 35.5. The van der Waals surface area contributed by atoms with Crippen LogP contribution in [0.4, 0.5) is 0 Å². The third-order valence-electron chi connectivity index (χ3n) is 2.33. The van der Waals surface area contributed by atoms with Crippen molar-refractivity contribution in [2.75, 3.05) is 0 Å². The Morgan fingerprint density at radius 2 is 2.18 bits per heavy atom. The van der Waals surface area contributed by atoms with Crippen molar-refractivity contribution in [1.29, 1.82) is 0 Å².